The lowest BCUT2D eigenvalue weighted by Gasteiger charge is -2.23. The summed E-state index contributed by atoms with van der Waals surface area (Å²) in [6, 6.07) is 0. The van der Waals surface area contributed by atoms with Gasteiger partial charge in [0.15, 0.2) is 0 Å². The molecular weight excluding hydrogens is 232 g/mol. The number of carbonyl (C=O) groups excluding carboxylic acids is 1. The number of nitrogens with one attached hydrogen (secondary N) is 2. The summed E-state index contributed by atoms with van der Waals surface area (Å²) < 4.78 is 11.1. The second-order valence-corrected chi connectivity index (χ2v) is 5.08. The van der Waals surface area contributed by atoms with Gasteiger partial charge in [0.05, 0.1) is 24.7 Å². The Morgan fingerprint density at radius 3 is 2.83 bits per heavy atom. The van der Waals surface area contributed by atoms with E-state index in [4.69, 9.17) is 9.47 Å². The minimum Gasteiger partial charge on any atom is -0.378 e. The molecule has 5 nitrogen and oxygen atoms in total. The Morgan fingerprint density at radius 2 is 2.17 bits per heavy atom. The third kappa shape index (κ3) is 3.93. The number of rotatable bonds is 5. The predicted octanol–water partition coefficient (Wildman–Crippen LogP) is 0.296. The van der Waals surface area contributed by atoms with E-state index in [2.05, 4.69) is 10.6 Å². The van der Waals surface area contributed by atoms with Crippen molar-refractivity contribution >= 4 is 5.91 Å². The molecule has 2 aliphatic rings. The lowest BCUT2D eigenvalue weighted by Crippen LogP contribution is -2.38. The van der Waals surface area contributed by atoms with Crippen molar-refractivity contribution in [1.82, 2.24) is 10.6 Å². The SMILES string of the molecule is CC1OCCC1C(=O)NCCOC1CCNCC1. The van der Waals surface area contributed by atoms with Crippen LogP contribution in [0.2, 0.25) is 0 Å². The van der Waals surface area contributed by atoms with E-state index >= 15 is 0 Å². The molecule has 5 heteroatoms. The smallest absolute Gasteiger partial charge is 0.225 e. The molecule has 0 spiro atoms. The number of hydrogen-bond donors (Lipinski definition) is 2. The monoisotopic (exact) mass is 256 g/mol. The third-order valence-electron chi connectivity index (χ3n) is 3.75. The molecule has 2 unspecified atom stereocenters. The molecule has 2 fully saturated rings. The second-order valence-electron chi connectivity index (χ2n) is 5.08. The Balaban J connectivity index is 1.56. The highest BCUT2D eigenvalue weighted by Gasteiger charge is 2.30. The topological polar surface area (TPSA) is 59.6 Å². The first kappa shape index (κ1) is 13.8. The van der Waals surface area contributed by atoms with Crippen molar-refractivity contribution in [2.45, 2.75) is 38.4 Å². The van der Waals surface area contributed by atoms with Crippen molar-refractivity contribution in [3.05, 3.63) is 0 Å². The van der Waals surface area contributed by atoms with E-state index < -0.39 is 0 Å². The van der Waals surface area contributed by atoms with Crippen LogP contribution in [0, 0.1) is 5.92 Å². The van der Waals surface area contributed by atoms with E-state index in [9.17, 15) is 4.79 Å². The van der Waals surface area contributed by atoms with Crippen molar-refractivity contribution in [1.29, 1.82) is 0 Å². The van der Waals surface area contributed by atoms with Crippen molar-refractivity contribution in [3.8, 4) is 0 Å². The van der Waals surface area contributed by atoms with Crippen LogP contribution in [-0.2, 0) is 14.3 Å². The van der Waals surface area contributed by atoms with Gasteiger partial charge in [-0.15, -0.1) is 0 Å². The van der Waals surface area contributed by atoms with Crippen LogP contribution in [0.25, 0.3) is 0 Å². The largest absolute Gasteiger partial charge is 0.378 e. The molecule has 2 saturated heterocycles. The zero-order valence-electron chi connectivity index (χ0n) is 11.1. The van der Waals surface area contributed by atoms with Crippen LogP contribution in [0.1, 0.15) is 26.2 Å². The Morgan fingerprint density at radius 1 is 1.39 bits per heavy atom. The standard InChI is InChI=1S/C13H24N2O3/c1-10-12(4-8-17-10)13(16)15-7-9-18-11-2-5-14-6-3-11/h10-12,14H,2-9H2,1H3,(H,15,16). The maximum atomic E-state index is 11.9. The van der Waals surface area contributed by atoms with Crippen LogP contribution in [0.3, 0.4) is 0 Å². The second kappa shape index (κ2) is 7.07. The number of hydrogen-bond acceptors (Lipinski definition) is 4. The molecule has 18 heavy (non-hydrogen) atoms. The van der Waals surface area contributed by atoms with E-state index in [-0.39, 0.29) is 17.9 Å². The van der Waals surface area contributed by atoms with Crippen LogP contribution in [0.4, 0.5) is 0 Å². The van der Waals surface area contributed by atoms with Crippen LogP contribution in [0.5, 0.6) is 0 Å². The van der Waals surface area contributed by atoms with Gasteiger partial charge in [0, 0.05) is 13.2 Å². The first-order valence-electron chi connectivity index (χ1n) is 6.99. The Labute approximate surface area is 109 Å². The molecule has 2 heterocycles. The summed E-state index contributed by atoms with van der Waals surface area (Å²) in [4.78, 5) is 11.9. The lowest BCUT2D eigenvalue weighted by molar-refractivity contribution is -0.126. The molecule has 104 valence electrons. The summed E-state index contributed by atoms with van der Waals surface area (Å²) in [7, 11) is 0. The number of ether oxygens (including phenoxy) is 2. The lowest BCUT2D eigenvalue weighted by atomic mass is 10.0. The molecule has 0 aromatic carbocycles. The zero-order chi connectivity index (χ0) is 12.8. The van der Waals surface area contributed by atoms with Gasteiger partial charge in [-0.25, -0.2) is 0 Å². The van der Waals surface area contributed by atoms with Gasteiger partial charge < -0.3 is 20.1 Å². The van der Waals surface area contributed by atoms with Gasteiger partial charge in [0.2, 0.25) is 5.91 Å². The molecule has 0 aliphatic carbocycles. The van der Waals surface area contributed by atoms with E-state index in [1.165, 1.54) is 0 Å². The summed E-state index contributed by atoms with van der Waals surface area (Å²) in [6.07, 6.45) is 3.39. The van der Waals surface area contributed by atoms with Gasteiger partial charge in [-0.05, 0) is 39.3 Å². The first-order valence-corrected chi connectivity index (χ1v) is 6.99. The molecule has 1 amide bonds. The molecule has 0 aromatic rings. The molecular formula is C13H24N2O3. The van der Waals surface area contributed by atoms with Gasteiger partial charge in [-0.1, -0.05) is 0 Å². The van der Waals surface area contributed by atoms with Crippen molar-refractivity contribution in [2.24, 2.45) is 5.92 Å². The highest BCUT2D eigenvalue weighted by atomic mass is 16.5. The maximum absolute atomic E-state index is 11.9. The number of piperidine rings is 1. The van der Waals surface area contributed by atoms with Gasteiger partial charge >= 0.3 is 0 Å². The molecule has 0 aromatic heterocycles. The summed E-state index contributed by atoms with van der Waals surface area (Å²) >= 11 is 0. The summed E-state index contributed by atoms with van der Waals surface area (Å²) in [5.74, 6) is 0.123. The van der Waals surface area contributed by atoms with Crippen LogP contribution >= 0.6 is 0 Å². The molecule has 2 aliphatic heterocycles. The number of carbonyl (C=O) groups is 1. The molecule has 2 N–H and O–H groups in total. The van der Waals surface area contributed by atoms with Gasteiger partial charge in [0.25, 0.3) is 0 Å². The molecule has 2 atom stereocenters. The zero-order valence-corrected chi connectivity index (χ0v) is 11.1. The summed E-state index contributed by atoms with van der Waals surface area (Å²) in [6.45, 7) is 5.94. The Bertz CT molecular complexity index is 267. The van der Waals surface area contributed by atoms with Crippen molar-refractivity contribution in [3.63, 3.8) is 0 Å². The van der Waals surface area contributed by atoms with E-state index in [1.807, 2.05) is 6.92 Å². The van der Waals surface area contributed by atoms with Gasteiger partial charge in [-0.2, -0.15) is 0 Å². The third-order valence-corrected chi connectivity index (χ3v) is 3.75. The molecule has 2 rings (SSSR count). The van der Waals surface area contributed by atoms with Crippen LogP contribution < -0.4 is 10.6 Å². The van der Waals surface area contributed by atoms with Gasteiger partial charge in [-0.3, -0.25) is 4.79 Å². The Kier molecular flexibility index (Phi) is 5.41. The summed E-state index contributed by atoms with van der Waals surface area (Å²) in [5, 5.41) is 6.24. The average Bonchev–Trinajstić information content (AvgIpc) is 2.82. The normalized spacial score (nSPS) is 29.4. The summed E-state index contributed by atoms with van der Waals surface area (Å²) in [5.41, 5.74) is 0. The Hall–Kier alpha value is -0.650. The van der Waals surface area contributed by atoms with Crippen molar-refractivity contribution in [2.75, 3.05) is 32.8 Å². The van der Waals surface area contributed by atoms with Crippen molar-refractivity contribution < 1.29 is 14.3 Å². The highest BCUT2D eigenvalue weighted by Crippen LogP contribution is 2.20. The maximum Gasteiger partial charge on any atom is 0.225 e. The fourth-order valence-electron chi connectivity index (χ4n) is 2.57. The molecule has 0 bridgehead atoms. The quantitative estimate of drug-likeness (QED) is 0.694. The van der Waals surface area contributed by atoms with Crippen LogP contribution in [0.15, 0.2) is 0 Å². The fraction of sp³-hybridized carbons (Fsp3) is 0.923. The molecule has 0 saturated carbocycles. The highest BCUT2D eigenvalue weighted by molar-refractivity contribution is 5.79. The molecule has 0 radical (unpaired) electrons. The van der Waals surface area contributed by atoms with E-state index in [1.54, 1.807) is 0 Å². The number of amides is 1. The van der Waals surface area contributed by atoms with E-state index in [0.717, 1.165) is 32.4 Å². The average molecular weight is 256 g/mol. The van der Waals surface area contributed by atoms with Crippen LogP contribution in [-0.4, -0.2) is 51.0 Å². The first-order chi connectivity index (χ1) is 8.77. The van der Waals surface area contributed by atoms with Gasteiger partial charge in [0.1, 0.15) is 0 Å². The predicted molar refractivity (Wildman–Crippen MR) is 68.4 cm³/mol. The van der Waals surface area contributed by atoms with E-state index in [0.29, 0.717) is 25.9 Å². The minimum atomic E-state index is 0.0175. The fourth-order valence-corrected chi connectivity index (χ4v) is 2.57. The minimum absolute atomic E-state index is 0.0175.